The Labute approximate surface area is 173 Å². The second-order valence-corrected chi connectivity index (χ2v) is 8.08. The summed E-state index contributed by atoms with van der Waals surface area (Å²) in [4.78, 5) is 22.8. The number of aromatic nitrogens is 1. The molecule has 1 aliphatic rings. The number of nitrogens with zero attached hydrogens (tertiary/aromatic N) is 3. The standard InChI is InChI=1S/C22H22FN3O2S/c23-18-4-1-3-17(13-18)21-7-6-20(29-21)15-25-9-11-26(12-10-25)22(27)16-28-19-5-2-8-24-14-19/h1-8,13-14H,9-12,15-16H2. The Morgan fingerprint density at radius 1 is 1.10 bits per heavy atom. The van der Waals surface area contributed by atoms with Gasteiger partial charge in [-0.1, -0.05) is 12.1 Å². The lowest BCUT2D eigenvalue weighted by Crippen LogP contribution is -2.49. The van der Waals surface area contributed by atoms with Gasteiger partial charge in [0.05, 0.1) is 6.20 Å². The van der Waals surface area contributed by atoms with Crippen molar-refractivity contribution in [3.8, 4) is 16.2 Å². The van der Waals surface area contributed by atoms with E-state index < -0.39 is 0 Å². The number of benzene rings is 1. The SMILES string of the molecule is O=C(COc1cccnc1)N1CCN(Cc2ccc(-c3cccc(F)c3)s2)CC1. The highest BCUT2D eigenvalue weighted by atomic mass is 32.1. The molecule has 0 unspecified atom stereocenters. The molecule has 1 aliphatic heterocycles. The summed E-state index contributed by atoms with van der Waals surface area (Å²) in [5.74, 6) is 0.384. The van der Waals surface area contributed by atoms with Crippen molar-refractivity contribution in [1.82, 2.24) is 14.8 Å². The van der Waals surface area contributed by atoms with Crippen molar-refractivity contribution in [2.45, 2.75) is 6.54 Å². The molecule has 0 bridgehead atoms. The lowest BCUT2D eigenvalue weighted by Gasteiger charge is -2.34. The van der Waals surface area contributed by atoms with Crippen LogP contribution in [-0.4, -0.2) is 53.5 Å². The molecule has 29 heavy (non-hydrogen) atoms. The highest BCUT2D eigenvalue weighted by Crippen LogP contribution is 2.29. The van der Waals surface area contributed by atoms with Crippen molar-refractivity contribution in [3.05, 3.63) is 71.6 Å². The van der Waals surface area contributed by atoms with Crippen LogP contribution in [0.2, 0.25) is 0 Å². The lowest BCUT2D eigenvalue weighted by atomic mass is 10.2. The molecule has 0 radical (unpaired) electrons. The van der Waals surface area contributed by atoms with Crippen molar-refractivity contribution in [2.24, 2.45) is 0 Å². The van der Waals surface area contributed by atoms with Gasteiger partial charge in [-0.15, -0.1) is 11.3 Å². The van der Waals surface area contributed by atoms with Crippen LogP contribution in [-0.2, 0) is 11.3 Å². The van der Waals surface area contributed by atoms with Gasteiger partial charge in [-0.2, -0.15) is 0 Å². The van der Waals surface area contributed by atoms with Crippen LogP contribution in [0.1, 0.15) is 4.88 Å². The third kappa shape index (κ3) is 5.19. The van der Waals surface area contributed by atoms with Crippen molar-refractivity contribution >= 4 is 17.2 Å². The van der Waals surface area contributed by atoms with Crippen LogP contribution in [0.4, 0.5) is 4.39 Å². The summed E-state index contributed by atoms with van der Waals surface area (Å²) in [6.07, 6.45) is 3.27. The summed E-state index contributed by atoms with van der Waals surface area (Å²) in [6.45, 7) is 3.91. The van der Waals surface area contributed by atoms with E-state index in [9.17, 15) is 9.18 Å². The van der Waals surface area contributed by atoms with Crippen LogP contribution < -0.4 is 4.74 Å². The van der Waals surface area contributed by atoms with Crippen LogP contribution in [0.5, 0.6) is 5.75 Å². The van der Waals surface area contributed by atoms with E-state index in [1.54, 1.807) is 48.0 Å². The van der Waals surface area contributed by atoms with Gasteiger partial charge in [0, 0.05) is 48.7 Å². The van der Waals surface area contributed by atoms with Crippen LogP contribution in [0, 0.1) is 5.82 Å². The Morgan fingerprint density at radius 3 is 2.72 bits per heavy atom. The molecular formula is C22H22FN3O2S. The molecule has 0 aliphatic carbocycles. The average molecular weight is 412 g/mol. The van der Waals surface area contributed by atoms with Crippen molar-refractivity contribution in [2.75, 3.05) is 32.8 Å². The van der Waals surface area contributed by atoms with E-state index in [0.717, 1.165) is 30.1 Å². The van der Waals surface area contributed by atoms with E-state index in [2.05, 4.69) is 16.0 Å². The van der Waals surface area contributed by atoms with Gasteiger partial charge in [0.15, 0.2) is 6.61 Å². The van der Waals surface area contributed by atoms with Crippen LogP contribution in [0.3, 0.4) is 0 Å². The quantitative estimate of drug-likeness (QED) is 0.621. The summed E-state index contributed by atoms with van der Waals surface area (Å²) >= 11 is 1.69. The number of carbonyl (C=O) groups excluding carboxylic acids is 1. The summed E-state index contributed by atoms with van der Waals surface area (Å²) < 4.78 is 18.9. The number of hydrogen-bond acceptors (Lipinski definition) is 5. The molecule has 1 amide bonds. The number of carbonyl (C=O) groups is 1. The van der Waals surface area contributed by atoms with Crippen LogP contribution in [0.25, 0.3) is 10.4 Å². The van der Waals surface area contributed by atoms with Crippen molar-refractivity contribution < 1.29 is 13.9 Å². The highest BCUT2D eigenvalue weighted by Gasteiger charge is 2.22. The molecule has 0 atom stereocenters. The first-order valence-corrected chi connectivity index (χ1v) is 10.4. The fourth-order valence-corrected chi connectivity index (χ4v) is 4.35. The molecule has 0 N–H and O–H groups in total. The first kappa shape index (κ1) is 19.5. The smallest absolute Gasteiger partial charge is 0.260 e. The minimum absolute atomic E-state index is 0.00184. The number of piperazine rings is 1. The number of halogens is 1. The summed E-state index contributed by atoms with van der Waals surface area (Å²) in [7, 11) is 0. The molecule has 2 aromatic heterocycles. The van der Waals surface area contributed by atoms with Crippen molar-refractivity contribution in [1.29, 1.82) is 0 Å². The van der Waals surface area contributed by atoms with E-state index in [1.165, 1.54) is 10.9 Å². The third-order valence-corrected chi connectivity index (χ3v) is 5.99. The zero-order chi connectivity index (χ0) is 20.1. The van der Waals surface area contributed by atoms with E-state index in [1.807, 2.05) is 17.0 Å². The number of amides is 1. The largest absolute Gasteiger partial charge is 0.482 e. The zero-order valence-corrected chi connectivity index (χ0v) is 16.8. The minimum Gasteiger partial charge on any atom is -0.482 e. The molecule has 0 spiro atoms. The monoisotopic (exact) mass is 411 g/mol. The summed E-state index contributed by atoms with van der Waals surface area (Å²) in [5, 5.41) is 0. The Hall–Kier alpha value is -2.77. The second kappa shape index (κ2) is 9.15. The maximum atomic E-state index is 13.4. The van der Waals surface area contributed by atoms with Gasteiger partial charge in [0.1, 0.15) is 11.6 Å². The first-order chi connectivity index (χ1) is 14.2. The Morgan fingerprint density at radius 2 is 1.97 bits per heavy atom. The predicted molar refractivity (Wildman–Crippen MR) is 111 cm³/mol. The van der Waals surface area contributed by atoms with E-state index >= 15 is 0 Å². The van der Waals surface area contributed by atoms with Crippen LogP contribution >= 0.6 is 11.3 Å². The Kier molecular flexibility index (Phi) is 6.17. The van der Waals surface area contributed by atoms with Gasteiger partial charge in [-0.25, -0.2) is 4.39 Å². The first-order valence-electron chi connectivity index (χ1n) is 9.55. The van der Waals surface area contributed by atoms with Crippen LogP contribution in [0.15, 0.2) is 60.9 Å². The van der Waals surface area contributed by atoms with E-state index in [4.69, 9.17) is 4.74 Å². The fraction of sp³-hybridized carbons (Fsp3) is 0.273. The number of rotatable bonds is 6. The molecule has 150 valence electrons. The van der Waals surface area contributed by atoms with Gasteiger partial charge < -0.3 is 9.64 Å². The maximum Gasteiger partial charge on any atom is 0.260 e. The average Bonchev–Trinajstić information content (AvgIpc) is 3.22. The fourth-order valence-electron chi connectivity index (χ4n) is 3.30. The molecule has 4 rings (SSSR count). The predicted octanol–water partition coefficient (Wildman–Crippen LogP) is 3.67. The molecule has 1 saturated heterocycles. The summed E-state index contributed by atoms with van der Waals surface area (Å²) in [6, 6.07) is 14.4. The van der Waals surface area contributed by atoms with Gasteiger partial charge in [0.25, 0.3) is 5.91 Å². The number of thiophene rings is 1. The van der Waals surface area contributed by atoms with E-state index in [-0.39, 0.29) is 18.3 Å². The Bertz CT molecular complexity index is 955. The van der Waals surface area contributed by atoms with Gasteiger partial charge >= 0.3 is 0 Å². The lowest BCUT2D eigenvalue weighted by molar-refractivity contribution is -0.135. The minimum atomic E-state index is -0.217. The molecule has 5 nitrogen and oxygen atoms in total. The molecule has 3 aromatic rings. The molecule has 1 fully saturated rings. The topological polar surface area (TPSA) is 45.7 Å². The number of hydrogen-bond donors (Lipinski definition) is 0. The second-order valence-electron chi connectivity index (χ2n) is 6.91. The number of pyridine rings is 1. The zero-order valence-electron chi connectivity index (χ0n) is 16.0. The summed E-state index contributed by atoms with van der Waals surface area (Å²) in [5.41, 5.74) is 0.908. The molecule has 3 heterocycles. The number of ether oxygens (including phenoxy) is 1. The van der Waals surface area contributed by atoms with E-state index in [0.29, 0.717) is 18.8 Å². The molecular weight excluding hydrogens is 389 g/mol. The molecule has 7 heteroatoms. The van der Waals surface area contributed by atoms with Crippen molar-refractivity contribution in [3.63, 3.8) is 0 Å². The third-order valence-electron chi connectivity index (χ3n) is 4.87. The molecule has 1 aromatic carbocycles. The normalized spacial score (nSPS) is 14.7. The maximum absolute atomic E-state index is 13.4. The van der Waals surface area contributed by atoms with Gasteiger partial charge in [0.2, 0.25) is 0 Å². The highest BCUT2D eigenvalue weighted by molar-refractivity contribution is 7.15. The molecule has 0 saturated carbocycles. The Balaban J connectivity index is 1.25. The van der Waals surface area contributed by atoms with Gasteiger partial charge in [-0.3, -0.25) is 14.7 Å². The van der Waals surface area contributed by atoms with Gasteiger partial charge in [-0.05, 0) is 42.0 Å².